The van der Waals surface area contributed by atoms with E-state index in [9.17, 15) is 9.18 Å². The van der Waals surface area contributed by atoms with Crippen LogP contribution >= 0.6 is 0 Å². The summed E-state index contributed by atoms with van der Waals surface area (Å²) in [6.07, 6.45) is 8.92. The molecule has 7 nitrogen and oxygen atoms in total. The number of carbonyl (C=O) groups is 1. The zero-order valence-electron chi connectivity index (χ0n) is 22.9. The predicted molar refractivity (Wildman–Crippen MR) is 162 cm³/mol. The first-order valence-corrected chi connectivity index (χ1v) is 14.4. The second-order valence-electron chi connectivity index (χ2n) is 10.4. The van der Waals surface area contributed by atoms with Gasteiger partial charge in [-0.15, -0.1) is 0 Å². The second kappa shape index (κ2) is 12.3. The Hall–Kier alpha value is -4.59. The molecule has 0 aliphatic heterocycles. The van der Waals surface area contributed by atoms with Gasteiger partial charge in [-0.25, -0.2) is 14.4 Å². The van der Waals surface area contributed by atoms with Crippen LogP contribution in [0.4, 0.5) is 21.6 Å². The fourth-order valence-electron chi connectivity index (χ4n) is 5.51. The molecular formula is C33H33FN6O. The van der Waals surface area contributed by atoms with E-state index in [0.717, 1.165) is 44.2 Å². The predicted octanol–water partition coefficient (Wildman–Crippen LogP) is 6.95. The molecule has 0 radical (unpaired) electrons. The van der Waals surface area contributed by atoms with Crippen LogP contribution in [-0.2, 0) is 12.8 Å². The van der Waals surface area contributed by atoms with E-state index in [4.69, 9.17) is 4.98 Å². The third-order valence-corrected chi connectivity index (χ3v) is 7.64. The third-order valence-electron chi connectivity index (χ3n) is 7.64. The van der Waals surface area contributed by atoms with Crippen molar-refractivity contribution in [2.75, 3.05) is 23.7 Å². The average molecular weight is 549 g/mol. The van der Waals surface area contributed by atoms with Crippen LogP contribution in [0.3, 0.4) is 0 Å². The summed E-state index contributed by atoms with van der Waals surface area (Å²) in [5.74, 6) is -0.0149. The van der Waals surface area contributed by atoms with Crippen LogP contribution in [0.2, 0.25) is 0 Å². The zero-order chi connectivity index (χ0) is 28.0. The lowest BCUT2D eigenvalue weighted by Gasteiger charge is -2.21. The van der Waals surface area contributed by atoms with Crippen molar-refractivity contribution >= 4 is 44.9 Å². The van der Waals surface area contributed by atoms with Gasteiger partial charge in [-0.05, 0) is 86.9 Å². The number of aryl methyl sites for hydroxylation is 1. The lowest BCUT2D eigenvalue weighted by Crippen LogP contribution is -2.24. The number of nitrogens with one attached hydrogen (secondary N) is 3. The van der Waals surface area contributed by atoms with Crippen LogP contribution in [-0.4, -0.2) is 33.9 Å². The maximum Gasteiger partial charge on any atom is 0.251 e. The molecule has 1 amide bonds. The Morgan fingerprint density at radius 1 is 0.829 bits per heavy atom. The number of hydrogen-bond donors (Lipinski definition) is 3. The van der Waals surface area contributed by atoms with E-state index in [-0.39, 0.29) is 11.7 Å². The van der Waals surface area contributed by atoms with E-state index in [1.54, 1.807) is 36.4 Å². The molecule has 6 rings (SSSR count). The van der Waals surface area contributed by atoms with Gasteiger partial charge in [0.1, 0.15) is 18.0 Å². The van der Waals surface area contributed by atoms with E-state index in [2.05, 4.69) is 50.2 Å². The molecule has 0 bridgehead atoms. The van der Waals surface area contributed by atoms with Crippen LogP contribution in [0.15, 0.2) is 73.1 Å². The highest BCUT2D eigenvalue weighted by Gasteiger charge is 2.18. The molecule has 3 aromatic carbocycles. The van der Waals surface area contributed by atoms with Gasteiger partial charge in [0.15, 0.2) is 0 Å². The van der Waals surface area contributed by atoms with Crippen molar-refractivity contribution in [2.45, 2.75) is 44.9 Å². The summed E-state index contributed by atoms with van der Waals surface area (Å²) in [5.41, 5.74) is 6.43. The van der Waals surface area contributed by atoms with Crippen LogP contribution < -0.4 is 16.0 Å². The number of unbranched alkanes of at least 4 members (excludes halogenated alkanes) is 2. The van der Waals surface area contributed by atoms with E-state index >= 15 is 0 Å². The number of nitrogens with zero attached hydrogens (tertiary/aromatic N) is 3. The molecule has 41 heavy (non-hydrogen) atoms. The lowest BCUT2D eigenvalue weighted by atomic mass is 9.92. The standard InChI is InChI=1S/C33H33FN6O/c34-26-12-4-7-15-29(26)40-32-25-17-16-22(20-30(25)37-21-38-32)33(41)36-19-9-1-8-18-35-31-23-10-2-5-13-27(23)39-28-14-6-3-11-24(28)31/h2,4-5,7,10,12-13,15-17,20-21H,1,3,6,8-9,11,14,18-19H2,(H,35,39)(H,36,41)(H,37,38,40). The Balaban J connectivity index is 1.00. The number of benzene rings is 3. The number of hydrogen-bond acceptors (Lipinski definition) is 6. The Bertz CT molecular complexity index is 1710. The molecule has 0 saturated heterocycles. The number of fused-ring (bicyclic) bond motifs is 3. The van der Waals surface area contributed by atoms with Gasteiger partial charge in [0.05, 0.1) is 16.7 Å². The highest BCUT2D eigenvalue weighted by atomic mass is 19.1. The SMILES string of the molecule is O=C(NCCCCCNc1c2c(nc3ccccc13)CCCC2)c1ccc2c(Nc3ccccc3F)ncnc2c1. The molecular weight excluding hydrogens is 515 g/mol. The molecule has 8 heteroatoms. The number of anilines is 3. The molecule has 0 fully saturated rings. The number of aromatic nitrogens is 3. The zero-order valence-corrected chi connectivity index (χ0v) is 22.9. The molecule has 3 N–H and O–H groups in total. The van der Waals surface area contributed by atoms with Gasteiger partial charge in [-0.2, -0.15) is 0 Å². The summed E-state index contributed by atoms with van der Waals surface area (Å²) in [6.45, 7) is 1.50. The first-order valence-electron chi connectivity index (χ1n) is 14.4. The number of pyridine rings is 1. The van der Waals surface area contributed by atoms with Gasteiger partial charge in [0.2, 0.25) is 0 Å². The molecule has 0 atom stereocenters. The van der Waals surface area contributed by atoms with Crippen molar-refractivity contribution in [2.24, 2.45) is 0 Å². The minimum absolute atomic E-state index is 0.137. The fourth-order valence-corrected chi connectivity index (χ4v) is 5.51. The summed E-state index contributed by atoms with van der Waals surface area (Å²) in [4.78, 5) is 26.3. The maximum absolute atomic E-state index is 14.1. The Morgan fingerprint density at radius 2 is 1.66 bits per heavy atom. The van der Waals surface area contributed by atoms with Gasteiger partial charge < -0.3 is 16.0 Å². The fraction of sp³-hybridized carbons (Fsp3) is 0.273. The van der Waals surface area contributed by atoms with Gasteiger partial charge in [-0.1, -0.05) is 30.3 Å². The molecule has 0 saturated carbocycles. The highest BCUT2D eigenvalue weighted by Crippen LogP contribution is 2.33. The summed E-state index contributed by atoms with van der Waals surface area (Å²) < 4.78 is 14.1. The summed E-state index contributed by atoms with van der Waals surface area (Å²) >= 11 is 0. The molecule has 2 aromatic heterocycles. The minimum atomic E-state index is -0.365. The van der Waals surface area contributed by atoms with Crippen molar-refractivity contribution in [1.82, 2.24) is 20.3 Å². The van der Waals surface area contributed by atoms with Crippen LogP contribution in [0.25, 0.3) is 21.8 Å². The number of para-hydroxylation sites is 2. The van der Waals surface area contributed by atoms with E-state index in [0.29, 0.717) is 34.5 Å². The van der Waals surface area contributed by atoms with Gasteiger partial charge >= 0.3 is 0 Å². The lowest BCUT2D eigenvalue weighted by molar-refractivity contribution is 0.0953. The van der Waals surface area contributed by atoms with Crippen molar-refractivity contribution < 1.29 is 9.18 Å². The Morgan fingerprint density at radius 3 is 2.59 bits per heavy atom. The second-order valence-corrected chi connectivity index (χ2v) is 10.4. The van der Waals surface area contributed by atoms with Crippen molar-refractivity contribution in [3.05, 3.63) is 95.7 Å². The summed E-state index contributed by atoms with van der Waals surface area (Å²) in [5, 5.41) is 11.7. The smallest absolute Gasteiger partial charge is 0.251 e. The molecule has 1 aliphatic carbocycles. The summed E-state index contributed by atoms with van der Waals surface area (Å²) in [6, 6.07) is 20.1. The number of carbonyl (C=O) groups excluding carboxylic acids is 1. The van der Waals surface area contributed by atoms with Crippen molar-refractivity contribution in [3.63, 3.8) is 0 Å². The molecule has 5 aromatic rings. The van der Waals surface area contributed by atoms with E-state index in [1.807, 2.05) is 0 Å². The van der Waals surface area contributed by atoms with Crippen LogP contribution in [0.5, 0.6) is 0 Å². The van der Waals surface area contributed by atoms with Crippen molar-refractivity contribution in [1.29, 1.82) is 0 Å². The molecule has 1 aliphatic rings. The topological polar surface area (TPSA) is 91.8 Å². The first kappa shape index (κ1) is 26.6. The maximum atomic E-state index is 14.1. The largest absolute Gasteiger partial charge is 0.384 e. The molecule has 208 valence electrons. The normalized spacial score (nSPS) is 12.7. The monoisotopic (exact) mass is 548 g/mol. The Kier molecular flexibility index (Phi) is 7.98. The van der Waals surface area contributed by atoms with Gasteiger partial charge in [0, 0.05) is 40.8 Å². The van der Waals surface area contributed by atoms with Crippen LogP contribution in [0.1, 0.15) is 53.7 Å². The number of rotatable bonds is 10. The first-order chi connectivity index (χ1) is 20.2. The van der Waals surface area contributed by atoms with E-state index < -0.39 is 0 Å². The minimum Gasteiger partial charge on any atom is -0.384 e. The number of amides is 1. The third kappa shape index (κ3) is 5.96. The van der Waals surface area contributed by atoms with Gasteiger partial charge in [-0.3, -0.25) is 9.78 Å². The molecule has 2 heterocycles. The summed E-state index contributed by atoms with van der Waals surface area (Å²) in [7, 11) is 0. The van der Waals surface area contributed by atoms with Gasteiger partial charge in [0.25, 0.3) is 5.91 Å². The van der Waals surface area contributed by atoms with E-state index in [1.165, 1.54) is 47.6 Å². The van der Waals surface area contributed by atoms with Crippen molar-refractivity contribution in [3.8, 4) is 0 Å². The number of halogens is 1. The average Bonchev–Trinajstić information content (AvgIpc) is 3.01. The molecule has 0 spiro atoms. The van der Waals surface area contributed by atoms with Crippen LogP contribution in [0, 0.1) is 5.82 Å². The molecule has 0 unspecified atom stereocenters. The quantitative estimate of drug-likeness (QED) is 0.164. The Labute approximate surface area is 238 Å². The highest BCUT2D eigenvalue weighted by molar-refractivity contribution is 6.00.